The molecule has 1 amide bonds. The first-order chi connectivity index (χ1) is 14.6. The molecule has 4 rings (SSSR count). The Morgan fingerprint density at radius 3 is 2.73 bits per heavy atom. The van der Waals surface area contributed by atoms with Gasteiger partial charge in [0.05, 0.1) is 23.7 Å². The minimum Gasteiger partial charge on any atom is -0.493 e. The Kier molecular flexibility index (Phi) is 5.45. The van der Waals surface area contributed by atoms with Gasteiger partial charge in [-0.05, 0) is 48.4 Å². The summed E-state index contributed by atoms with van der Waals surface area (Å²) in [5.41, 5.74) is 4.29. The van der Waals surface area contributed by atoms with E-state index in [1.807, 2.05) is 37.3 Å². The van der Waals surface area contributed by atoms with Crippen LogP contribution in [0.2, 0.25) is 0 Å². The summed E-state index contributed by atoms with van der Waals surface area (Å²) in [6.45, 7) is 1.81. The smallest absolute Gasteiger partial charge is 0.251 e. The van der Waals surface area contributed by atoms with Gasteiger partial charge >= 0.3 is 0 Å². The lowest BCUT2D eigenvalue weighted by molar-refractivity contribution is 0.0915. The number of benzene rings is 2. The molecule has 152 valence electrons. The number of carbonyl (C=O) groups excluding carboxylic acids is 1. The Bertz CT molecular complexity index is 1200. The second-order valence-electron chi connectivity index (χ2n) is 7.03. The SMILES string of the molecule is CC[C@H](CO)NC(=O)c1ccc2[nH]c(-c3cccc(-c4cccnc4O)c3)nc2c1. The van der Waals surface area contributed by atoms with E-state index in [1.54, 1.807) is 30.5 Å². The fourth-order valence-corrected chi connectivity index (χ4v) is 3.29. The van der Waals surface area contributed by atoms with E-state index in [-0.39, 0.29) is 24.4 Å². The van der Waals surface area contributed by atoms with Crippen molar-refractivity contribution in [3.05, 3.63) is 66.4 Å². The first-order valence-corrected chi connectivity index (χ1v) is 9.75. The lowest BCUT2D eigenvalue weighted by atomic mass is 10.0. The van der Waals surface area contributed by atoms with Gasteiger partial charge in [-0.15, -0.1) is 0 Å². The molecule has 0 bridgehead atoms. The van der Waals surface area contributed by atoms with Crippen molar-refractivity contribution >= 4 is 16.9 Å². The second-order valence-corrected chi connectivity index (χ2v) is 7.03. The molecule has 0 saturated carbocycles. The van der Waals surface area contributed by atoms with E-state index >= 15 is 0 Å². The van der Waals surface area contributed by atoms with E-state index in [0.717, 1.165) is 16.6 Å². The summed E-state index contributed by atoms with van der Waals surface area (Å²) in [7, 11) is 0. The molecule has 0 unspecified atom stereocenters. The van der Waals surface area contributed by atoms with Gasteiger partial charge in [0.15, 0.2) is 0 Å². The Labute approximate surface area is 173 Å². The number of imidazole rings is 1. The molecule has 0 radical (unpaired) electrons. The number of nitrogens with one attached hydrogen (secondary N) is 2. The summed E-state index contributed by atoms with van der Waals surface area (Å²) in [6, 6.07) is 16.2. The number of fused-ring (bicyclic) bond motifs is 1. The number of rotatable bonds is 6. The van der Waals surface area contributed by atoms with Crippen LogP contribution in [0.1, 0.15) is 23.7 Å². The summed E-state index contributed by atoms with van der Waals surface area (Å²) < 4.78 is 0. The fraction of sp³-hybridized carbons (Fsp3) is 0.174. The van der Waals surface area contributed by atoms with Gasteiger partial charge in [0.1, 0.15) is 5.82 Å². The van der Waals surface area contributed by atoms with Crippen molar-refractivity contribution in [3.8, 4) is 28.4 Å². The summed E-state index contributed by atoms with van der Waals surface area (Å²) in [5, 5.41) is 22.1. The maximum atomic E-state index is 12.4. The number of aliphatic hydroxyl groups excluding tert-OH is 1. The highest BCUT2D eigenvalue weighted by molar-refractivity contribution is 5.98. The van der Waals surface area contributed by atoms with E-state index in [0.29, 0.717) is 28.9 Å². The highest BCUT2D eigenvalue weighted by atomic mass is 16.3. The van der Waals surface area contributed by atoms with Gasteiger partial charge in [-0.1, -0.05) is 25.1 Å². The molecule has 0 aliphatic heterocycles. The Hall–Kier alpha value is -3.71. The molecule has 0 aliphatic rings. The number of H-pyrrole nitrogens is 1. The van der Waals surface area contributed by atoms with Crippen molar-refractivity contribution in [1.82, 2.24) is 20.3 Å². The first-order valence-electron chi connectivity index (χ1n) is 9.75. The molecule has 4 aromatic rings. The number of hydrogen-bond acceptors (Lipinski definition) is 5. The zero-order chi connectivity index (χ0) is 21.1. The van der Waals surface area contributed by atoms with Crippen LogP contribution in [0.25, 0.3) is 33.5 Å². The lowest BCUT2D eigenvalue weighted by Crippen LogP contribution is -2.36. The topological polar surface area (TPSA) is 111 Å². The summed E-state index contributed by atoms with van der Waals surface area (Å²) in [4.78, 5) is 24.3. The van der Waals surface area contributed by atoms with Crippen LogP contribution in [-0.4, -0.2) is 43.7 Å². The van der Waals surface area contributed by atoms with E-state index in [2.05, 4.69) is 20.3 Å². The van der Waals surface area contributed by atoms with Crippen molar-refractivity contribution in [2.75, 3.05) is 6.61 Å². The van der Waals surface area contributed by atoms with Crippen LogP contribution >= 0.6 is 0 Å². The maximum absolute atomic E-state index is 12.4. The van der Waals surface area contributed by atoms with Crippen LogP contribution < -0.4 is 5.32 Å². The number of amides is 1. The van der Waals surface area contributed by atoms with Crippen molar-refractivity contribution in [3.63, 3.8) is 0 Å². The molecular weight excluding hydrogens is 380 g/mol. The first kappa shape index (κ1) is 19.6. The molecule has 0 fully saturated rings. The number of aromatic amines is 1. The average molecular weight is 402 g/mol. The molecule has 2 heterocycles. The van der Waals surface area contributed by atoms with Crippen LogP contribution in [0.15, 0.2) is 60.8 Å². The molecule has 0 spiro atoms. The molecule has 4 N–H and O–H groups in total. The molecule has 30 heavy (non-hydrogen) atoms. The molecular formula is C23H22N4O3. The average Bonchev–Trinajstić information content (AvgIpc) is 3.21. The fourth-order valence-electron chi connectivity index (χ4n) is 3.29. The second kappa shape index (κ2) is 8.34. The Morgan fingerprint density at radius 1 is 1.13 bits per heavy atom. The zero-order valence-corrected chi connectivity index (χ0v) is 16.5. The molecule has 0 aliphatic carbocycles. The third-order valence-electron chi connectivity index (χ3n) is 5.03. The molecule has 7 nitrogen and oxygen atoms in total. The van der Waals surface area contributed by atoms with Gasteiger partial charge in [0.2, 0.25) is 5.88 Å². The van der Waals surface area contributed by atoms with E-state index < -0.39 is 0 Å². The Morgan fingerprint density at radius 2 is 1.97 bits per heavy atom. The highest BCUT2D eigenvalue weighted by Gasteiger charge is 2.14. The number of aromatic nitrogens is 3. The van der Waals surface area contributed by atoms with Crippen molar-refractivity contribution in [1.29, 1.82) is 0 Å². The van der Waals surface area contributed by atoms with Crippen molar-refractivity contribution in [2.45, 2.75) is 19.4 Å². The molecule has 7 heteroatoms. The molecule has 2 aromatic carbocycles. The number of nitrogens with zero attached hydrogens (tertiary/aromatic N) is 2. The van der Waals surface area contributed by atoms with Crippen molar-refractivity contribution in [2.24, 2.45) is 0 Å². The molecule has 1 atom stereocenters. The van der Waals surface area contributed by atoms with E-state index in [4.69, 9.17) is 0 Å². The van der Waals surface area contributed by atoms with E-state index in [9.17, 15) is 15.0 Å². The van der Waals surface area contributed by atoms with Gasteiger partial charge in [0.25, 0.3) is 5.91 Å². The van der Waals surface area contributed by atoms with Gasteiger partial charge in [-0.25, -0.2) is 9.97 Å². The van der Waals surface area contributed by atoms with Gasteiger partial charge < -0.3 is 20.5 Å². The van der Waals surface area contributed by atoms with Crippen LogP contribution in [-0.2, 0) is 0 Å². The number of aromatic hydroxyl groups is 1. The summed E-state index contributed by atoms with van der Waals surface area (Å²) >= 11 is 0. The number of hydrogen-bond donors (Lipinski definition) is 4. The van der Waals surface area contributed by atoms with E-state index in [1.165, 1.54) is 0 Å². The quantitative estimate of drug-likeness (QED) is 0.394. The minimum absolute atomic E-state index is 0.0248. The van der Waals surface area contributed by atoms with Gasteiger partial charge in [0, 0.05) is 22.9 Å². The largest absolute Gasteiger partial charge is 0.493 e. The van der Waals surface area contributed by atoms with Crippen LogP contribution in [0, 0.1) is 0 Å². The van der Waals surface area contributed by atoms with Gasteiger partial charge in [-0.2, -0.15) is 0 Å². The van der Waals surface area contributed by atoms with Crippen LogP contribution in [0.4, 0.5) is 0 Å². The van der Waals surface area contributed by atoms with Crippen LogP contribution in [0.5, 0.6) is 5.88 Å². The molecule has 0 saturated heterocycles. The number of aliphatic hydroxyl groups is 1. The number of carbonyl (C=O) groups is 1. The number of pyridine rings is 1. The zero-order valence-electron chi connectivity index (χ0n) is 16.5. The third kappa shape index (κ3) is 3.88. The van der Waals surface area contributed by atoms with Crippen LogP contribution in [0.3, 0.4) is 0 Å². The summed E-state index contributed by atoms with van der Waals surface area (Å²) in [6.07, 6.45) is 2.19. The van der Waals surface area contributed by atoms with Crippen molar-refractivity contribution < 1.29 is 15.0 Å². The predicted molar refractivity (Wildman–Crippen MR) is 115 cm³/mol. The Balaban J connectivity index is 1.65. The summed E-state index contributed by atoms with van der Waals surface area (Å²) in [5.74, 6) is 0.397. The maximum Gasteiger partial charge on any atom is 0.251 e. The van der Waals surface area contributed by atoms with Gasteiger partial charge in [-0.3, -0.25) is 4.79 Å². The normalized spacial score (nSPS) is 12.1. The minimum atomic E-state index is -0.269. The lowest BCUT2D eigenvalue weighted by Gasteiger charge is -2.13. The highest BCUT2D eigenvalue weighted by Crippen LogP contribution is 2.30. The third-order valence-corrected chi connectivity index (χ3v) is 5.03. The predicted octanol–water partition coefficient (Wildman–Crippen LogP) is 3.50. The molecule has 2 aromatic heterocycles. The monoisotopic (exact) mass is 402 g/mol. The standard InChI is InChI=1S/C23H22N4O3/c1-2-17(13-28)25-22(29)16-8-9-19-20(12-16)27-21(26-19)15-6-3-5-14(11-15)18-7-4-10-24-23(18)30/h3-12,17,28H,2,13H2,1H3,(H,24,30)(H,25,29)(H,26,27)/t17-/m1/s1.